The summed E-state index contributed by atoms with van der Waals surface area (Å²) in [6.45, 7) is 0. The van der Waals surface area contributed by atoms with E-state index in [0.29, 0.717) is 5.39 Å². The van der Waals surface area contributed by atoms with E-state index >= 15 is 0 Å². The predicted octanol–water partition coefficient (Wildman–Crippen LogP) is 3.87. The fourth-order valence-corrected chi connectivity index (χ4v) is 2.84. The van der Waals surface area contributed by atoms with E-state index in [0.717, 1.165) is 29.1 Å². The number of aromatic nitrogens is 3. The van der Waals surface area contributed by atoms with Crippen LogP contribution in [0.1, 0.15) is 0 Å². The molecule has 128 valence electrons. The first-order valence-corrected chi connectivity index (χ1v) is 7.64. The molecule has 0 N–H and O–H groups in total. The van der Waals surface area contributed by atoms with Gasteiger partial charge in [0.25, 0.3) is 5.56 Å². The molecule has 0 radical (unpaired) electrons. The number of hydrogen-bond donors (Lipinski definition) is 0. The Morgan fingerprint density at radius 3 is 2.19 bits per heavy atom. The van der Waals surface area contributed by atoms with Gasteiger partial charge in [-0.15, -0.1) is 0 Å². The van der Waals surface area contributed by atoms with Gasteiger partial charge in [-0.25, -0.2) is 23.1 Å². The summed E-state index contributed by atoms with van der Waals surface area (Å²) in [6, 6.07) is 11.8. The maximum absolute atomic E-state index is 14.2. The zero-order chi connectivity index (χ0) is 18.3. The molecule has 4 rings (SSSR count). The second-order valence-electron chi connectivity index (χ2n) is 5.52. The summed E-state index contributed by atoms with van der Waals surface area (Å²) in [4.78, 5) is 20.5. The summed E-state index contributed by atoms with van der Waals surface area (Å²) in [6.07, 6.45) is 1.12. The second kappa shape index (κ2) is 6.11. The van der Waals surface area contributed by atoms with Crippen LogP contribution >= 0.6 is 0 Å². The molecule has 0 aliphatic carbocycles. The Hall–Kier alpha value is -3.48. The molecular weight excluding hydrogens is 343 g/mol. The van der Waals surface area contributed by atoms with Crippen LogP contribution in [0.3, 0.4) is 0 Å². The van der Waals surface area contributed by atoms with Crippen molar-refractivity contribution in [2.24, 2.45) is 0 Å². The Morgan fingerprint density at radius 1 is 0.769 bits per heavy atom. The molecule has 0 spiro atoms. The monoisotopic (exact) mass is 353 g/mol. The maximum atomic E-state index is 14.2. The lowest BCUT2D eigenvalue weighted by Crippen LogP contribution is -2.21. The summed E-state index contributed by atoms with van der Waals surface area (Å²) < 4.78 is 43.5. The number of pyridine rings is 1. The third-order valence-corrected chi connectivity index (χ3v) is 3.98. The maximum Gasteiger partial charge on any atom is 0.256 e. The van der Waals surface area contributed by atoms with Crippen molar-refractivity contribution in [2.45, 2.75) is 0 Å². The van der Waals surface area contributed by atoms with Crippen molar-refractivity contribution in [3.63, 3.8) is 0 Å². The third-order valence-electron chi connectivity index (χ3n) is 3.98. The number of nitrogens with zero attached hydrogens (tertiary/aromatic N) is 3. The molecule has 0 aliphatic heterocycles. The zero-order valence-electron chi connectivity index (χ0n) is 13.2. The van der Waals surface area contributed by atoms with Crippen LogP contribution in [-0.2, 0) is 0 Å². The second-order valence-corrected chi connectivity index (χ2v) is 5.52. The van der Waals surface area contributed by atoms with E-state index in [4.69, 9.17) is 0 Å². The van der Waals surface area contributed by atoms with Gasteiger partial charge in [0.2, 0.25) is 0 Å². The normalized spacial score (nSPS) is 11.0. The van der Waals surface area contributed by atoms with Crippen molar-refractivity contribution in [1.29, 1.82) is 0 Å². The number of rotatable bonds is 2. The van der Waals surface area contributed by atoms with Gasteiger partial charge >= 0.3 is 0 Å². The Balaban J connectivity index is 2.12. The number of benzene rings is 2. The molecule has 0 saturated heterocycles. The van der Waals surface area contributed by atoms with E-state index in [1.165, 1.54) is 30.3 Å². The summed E-state index contributed by atoms with van der Waals surface area (Å²) in [5.74, 6) is -2.33. The SMILES string of the molecule is O=c1ccc2c(-c3ccccc3F)ncnc2n1-c1c(F)cccc1F. The predicted molar refractivity (Wildman–Crippen MR) is 90.4 cm³/mol. The van der Waals surface area contributed by atoms with Crippen LogP contribution in [0.5, 0.6) is 0 Å². The molecule has 2 heterocycles. The molecule has 0 saturated carbocycles. The molecule has 0 fully saturated rings. The Morgan fingerprint density at radius 2 is 1.46 bits per heavy atom. The number of fused-ring (bicyclic) bond motifs is 1. The van der Waals surface area contributed by atoms with Crippen molar-refractivity contribution in [1.82, 2.24) is 14.5 Å². The van der Waals surface area contributed by atoms with Gasteiger partial charge in [-0.3, -0.25) is 9.36 Å². The largest absolute Gasteiger partial charge is 0.269 e. The number of para-hydroxylation sites is 1. The molecule has 0 atom stereocenters. The summed E-state index contributed by atoms with van der Waals surface area (Å²) in [7, 11) is 0. The van der Waals surface area contributed by atoms with Crippen molar-refractivity contribution in [3.8, 4) is 16.9 Å². The van der Waals surface area contributed by atoms with Crippen LogP contribution in [0.15, 0.2) is 65.7 Å². The highest BCUT2D eigenvalue weighted by molar-refractivity contribution is 5.91. The molecule has 4 aromatic rings. The molecule has 4 nitrogen and oxygen atoms in total. The Kier molecular flexibility index (Phi) is 3.76. The lowest BCUT2D eigenvalue weighted by atomic mass is 10.1. The van der Waals surface area contributed by atoms with Gasteiger partial charge in [0, 0.05) is 17.0 Å². The summed E-state index contributed by atoms with van der Waals surface area (Å²) in [5.41, 5.74) is -0.812. The minimum atomic E-state index is -0.911. The smallest absolute Gasteiger partial charge is 0.256 e. The van der Waals surface area contributed by atoms with Gasteiger partial charge in [0.1, 0.15) is 29.5 Å². The standard InChI is InChI=1S/C19H10F3N3O/c20-13-5-2-1-4-11(13)17-12-8-9-16(26)25(19(12)24-10-23-17)18-14(21)6-3-7-15(18)22/h1-10H. The van der Waals surface area contributed by atoms with E-state index in [1.807, 2.05) is 0 Å². The van der Waals surface area contributed by atoms with Crippen molar-refractivity contribution in [3.05, 3.63) is 88.7 Å². The highest BCUT2D eigenvalue weighted by atomic mass is 19.1. The van der Waals surface area contributed by atoms with Gasteiger partial charge in [0.05, 0.1) is 5.69 Å². The van der Waals surface area contributed by atoms with Crippen LogP contribution in [0.25, 0.3) is 28.0 Å². The quantitative estimate of drug-likeness (QED) is 0.550. The summed E-state index contributed by atoms with van der Waals surface area (Å²) >= 11 is 0. The zero-order valence-corrected chi connectivity index (χ0v) is 13.2. The number of halogens is 3. The van der Waals surface area contributed by atoms with Crippen molar-refractivity contribution >= 4 is 11.0 Å². The van der Waals surface area contributed by atoms with E-state index < -0.39 is 28.7 Å². The van der Waals surface area contributed by atoms with Gasteiger partial charge in [-0.2, -0.15) is 0 Å². The van der Waals surface area contributed by atoms with E-state index in [-0.39, 0.29) is 16.9 Å². The van der Waals surface area contributed by atoms with Gasteiger partial charge < -0.3 is 0 Å². The molecule has 0 bridgehead atoms. The van der Waals surface area contributed by atoms with E-state index in [2.05, 4.69) is 9.97 Å². The van der Waals surface area contributed by atoms with Gasteiger partial charge in [-0.05, 0) is 30.3 Å². The average molecular weight is 353 g/mol. The van der Waals surface area contributed by atoms with E-state index in [1.54, 1.807) is 6.07 Å². The fourth-order valence-electron chi connectivity index (χ4n) is 2.84. The first kappa shape index (κ1) is 16.0. The Bertz CT molecular complexity index is 1180. The van der Waals surface area contributed by atoms with Crippen LogP contribution in [0.2, 0.25) is 0 Å². The molecular formula is C19H10F3N3O. The molecule has 0 amide bonds. The van der Waals surface area contributed by atoms with Crippen LogP contribution < -0.4 is 5.56 Å². The Labute approximate surface area is 145 Å². The fraction of sp³-hybridized carbons (Fsp3) is 0. The topological polar surface area (TPSA) is 47.8 Å². The average Bonchev–Trinajstić information content (AvgIpc) is 2.63. The molecule has 0 aliphatic rings. The first-order valence-electron chi connectivity index (χ1n) is 7.64. The molecule has 2 aromatic carbocycles. The van der Waals surface area contributed by atoms with Crippen LogP contribution in [0.4, 0.5) is 13.2 Å². The van der Waals surface area contributed by atoms with Gasteiger partial charge in [-0.1, -0.05) is 18.2 Å². The minimum absolute atomic E-state index is 0.0187. The highest BCUT2D eigenvalue weighted by Gasteiger charge is 2.18. The first-order chi connectivity index (χ1) is 12.6. The molecule has 0 unspecified atom stereocenters. The number of hydrogen-bond acceptors (Lipinski definition) is 3. The van der Waals surface area contributed by atoms with Crippen molar-refractivity contribution in [2.75, 3.05) is 0 Å². The summed E-state index contributed by atoms with van der Waals surface area (Å²) in [5, 5.41) is 0.292. The van der Waals surface area contributed by atoms with Crippen LogP contribution in [0, 0.1) is 17.5 Å². The molecule has 7 heteroatoms. The van der Waals surface area contributed by atoms with Gasteiger partial charge in [0.15, 0.2) is 5.65 Å². The minimum Gasteiger partial charge on any atom is -0.269 e. The third kappa shape index (κ3) is 2.45. The van der Waals surface area contributed by atoms with E-state index in [9.17, 15) is 18.0 Å². The molecule has 26 heavy (non-hydrogen) atoms. The molecule has 2 aromatic heterocycles. The van der Waals surface area contributed by atoms with Crippen LogP contribution in [-0.4, -0.2) is 14.5 Å². The lowest BCUT2D eigenvalue weighted by Gasteiger charge is -2.13. The van der Waals surface area contributed by atoms with Crippen molar-refractivity contribution < 1.29 is 13.2 Å². The lowest BCUT2D eigenvalue weighted by molar-refractivity contribution is 0.568. The highest BCUT2D eigenvalue weighted by Crippen LogP contribution is 2.28.